The fraction of sp³-hybridized carbons (Fsp3) is 0.571. The highest BCUT2D eigenvalue weighted by Gasteiger charge is 2.29. The molecular formula is C14H20N6O2. The highest BCUT2D eigenvalue weighted by Crippen LogP contribution is 2.29. The number of hydrogen-bond acceptors (Lipinski definition) is 5. The Hall–Kier alpha value is -2.22. The Morgan fingerprint density at radius 2 is 2.41 bits per heavy atom. The molecule has 0 bridgehead atoms. The maximum absolute atomic E-state index is 12.3. The number of aromatic amines is 1. The molecule has 1 aliphatic rings. The van der Waals surface area contributed by atoms with Crippen LogP contribution in [-0.4, -0.2) is 43.5 Å². The number of H-pyrrole nitrogens is 1. The summed E-state index contributed by atoms with van der Waals surface area (Å²) in [4.78, 5) is 16.2. The monoisotopic (exact) mass is 304 g/mol. The van der Waals surface area contributed by atoms with Crippen molar-refractivity contribution in [2.24, 2.45) is 0 Å². The van der Waals surface area contributed by atoms with E-state index in [4.69, 9.17) is 4.74 Å². The van der Waals surface area contributed by atoms with Crippen LogP contribution in [0.25, 0.3) is 0 Å². The van der Waals surface area contributed by atoms with Gasteiger partial charge in [-0.1, -0.05) is 0 Å². The Balaban J connectivity index is 1.56. The summed E-state index contributed by atoms with van der Waals surface area (Å²) < 4.78 is 7.47. The number of aryl methyl sites for hydroxylation is 1. The van der Waals surface area contributed by atoms with Gasteiger partial charge in [0.15, 0.2) is 5.69 Å². The molecule has 1 amide bonds. The lowest BCUT2D eigenvalue weighted by Crippen LogP contribution is -2.28. The van der Waals surface area contributed by atoms with Gasteiger partial charge in [-0.05, 0) is 20.3 Å². The zero-order valence-electron chi connectivity index (χ0n) is 12.7. The number of nitrogens with one attached hydrogen (secondary N) is 2. The standard InChI is InChI=1S/C14H20N6O2/c1-9-6-11-12(10(2)22-9)18-19-13(11)14(21)16-4-3-5-20-8-15-7-17-20/h7-10H,3-6H2,1-2H3,(H,16,21)(H,18,19)/t9-,10+/m1/s1. The van der Waals surface area contributed by atoms with Crippen molar-refractivity contribution < 1.29 is 9.53 Å². The van der Waals surface area contributed by atoms with Crippen molar-refractivity contribution in [3.8, 4) is 0 Å². The smallest absolute Gasteiger partial charge is 0.272 e. The second-order valence-electron chi connectivity index (χ2n) is 5.53. The predicted octanol–water partition coefficient (Wildman–Crippen LogP) is 0.843. The van der Waals surface area contributed by atoms with Gasteiger partial charge < -0.3 is 10.1 Å². The van der Waals surface area contributed by atoms with Crippen LogP contribution in [0.1, 0.15) is 48.1 Å². The number of aromatic nitrogens is 5. The molecule has 2 aromatic heterocycles. The molecule has 118 valence electrons. The van der Waals surface area contributed by atoms with Crippen LogP contribution >= 0.6 is 0 Å². The van der Waals surface area contributed by atoms with Gasteiger partial charge in [0, 0.05) is 25.1 Å². The molecule has 0 fully saturated rings. The van der Waals surface area contributed by atoms with E-state index in [0.717, 1.165) is 24.2 Å². The first-order valence-electron chi connectivity index (χ1n) is 7.48. The molecule has 3 heterocycles. The molecule has 2 atom stereocenters. The molecule has 0 aliphatic carbocycles. The average Bonchev–Trinajstić information content (AvgIpc) is 3.12. The van der Waals surface area contributed by atoms with E-state index in [9.17, 15) is 4.79 Å². The van der Waals surface area contributed by atoms with E-state index in [0.29, 0.717) is 18.7 Å². The SMILES string of the molecule is C[C@@H]1Cc2c(C(=O)NCCCn3cncn3)n[nH]c2[C@H](C)O1. The lowest BCUT2D eigenvalue weighted by molar-refractivity contribution is -0.00697. The molecule has 0 saturated heterocycles. The quantitative estimate of drug-likeness (QED) is 0.798. The van der Waals surface area contributed by atoms with Crippen molar-refractivity contribution >= 4 is 5.91 Å². The fourth-order valence-electron chi connectivity index (χ4n) is 2.74. The highest BCUT2D eigenvalue weighted by atomic mass is 16.5. The number of ether oxygens (including phenoxy) is 1. The Morgan fingerprint density at radius 3 is 3.18 bits per heavy atom. The summed E-state index contributed by atoms with van der Waals surface area (Å²) in [6, 6.07) is 0. The summed E-state index contributed by atoms with van der Waals surface area (Å²) in [7, 11) is 0. The molecule has 22 heavy (non-hydrogen) atoms. The molecule has 8 heteroatoms. The van der Waals surface area contributed by atoms with Crippen molar-refractivity contribution in [2.45, 2.75) is 45.4 Å². The number of rotatable bonds is 5. The molecule has 8 nitrogen and oxygen atoms in total. The lowest BCUT2D eigenvalue weighted by atomic mass is 9.99. The number of nitrogens with zero attached hydrogens (tertiary/aromatic N) is 4. The number of hydrogen-bond donors (Lipinski definition) is 2. The second-order valence-corrected chi connectivity index (χ2v) is 5.53. The van der Waals surface area contributed by atoms with Crippen molar-refractivity contribution in [3.05, 3.63) is 29.6 Å². The third kappa shape index (κ3) is 3.01. The summed E-state index contributed by atoms with van der Waals surface area (Å²) in [6.45, 7) is 5.27. The van der Waals surface area contributed by atoms with Crippen LogP contribution in [0.5, 0.6) is 0 Å². The first-order chi connectivity index (χ1) is 10.6. The molecule has 2 N–H and O–H groups in total. The molecule has 0 aromatic carbocycles. The Kier molecular flexibility index (Phi) is 4.19. The van der Waals surface area contributed by atoms with Crippen LogP contribution in [0.3, 0.4) is 0 Å². The zero-order chi connectivity index (χ0) is 15.5. The minimum Gasteiger partial charge on any atom is -0.369 e. The molecule has 2 aromatic rings. The van der Waals surface area contributed by atoms with Crippen LogP contribution in [0.2, 0.25) is 0 Å². The average molecular weight is 304 g/mol. The van der Waals surface area contributed by atoms with E-state index in [-0.39, 0.29) is 18.1 Å². The molecule has 0 radical (unpaired) electrons. The summed E-state index contributed by atoms with van der Waals surface area (Å²) in [5.74, 6) is -0.141. The molecule has 0 unspecified atom stereocenters. The van der Waals surface area contributed by atoms with Gasteiger partial charge in [-0.25, -0.2) is 4.98 Å². The number of carbonyl (C=O) groups is 1. The van der Waals surface area contributed by atoms with Crippen LogP contribution in [0.4, 0.5) is 0 Å². The van der Waals surface area contributed by atoms with E-state index < -0.39 is 0 Å². The van der Waals surface area contributed by atoms with Gasteiger partial charge in [0.25, 0.3) is 5.91 Å². The first kappa shape index (κ1) is 14.7. The van der Waals surface area contributed by atoms with E-state index in [2.05, 4.69) is 25.6 Å². The Bertz CT molecular complexity index is 636. The molecular weight excluding hydrogens is 284 g/mol. The Labute approximate surface area is 128 Å². The van der Waals surface area contributed by atoms with Crippen molar-refractivity contribution in [3.63, 3.8) is 0 Å². The van der Waals surface area contributed by atoms with Gasteiger partial charge in [-0.2, -0.15) is 10.2 Å². The minimum atomic E-state index is -0.141. The maximum atomic E-state index is 12.3. The van der Waals surface area contributed by atoms with Gasteiger partial charge in [0.1, 0.15) is 12.7 Å². The molecule has 1 aliphatic heterocycles. The summed E-state index contributed by atoms with van der Waals surface area (Å²) in [6.07, 6.45) is 4.70. The topological polar surface area (TPSA) is 97.7 Å². The van der Waals surface area contributed by atoms with E-state index in [1.807, 2.05) is 13.8 Å². The van der Waals surface area contributed by atoms with Gasteiger partial charge in [-0.3, -0.25) is 14.6 Å². The van der Waals surface area contributed by atoms with Gasteiger partial charge in [0.2, 0.25) is 0 Å². The predicted molar refractivity (Wildman–Crippen MR) is 78.2 cm³/mol. The number of carbonyl (C=O) groups excluding carboxylic acids is 1. The minimum absolute atomic E-state index is 0.0554. The van der Waals surface area contributed by atoms with Crippen LogP contribution in [-0.2, 0) is 17.7 Å². The molecule has 0 spiro atoms. The van der Waals surface area contributed by atoms with Crippen molar-refractivity contribution in [2.75, 3.05) is 6.54 Å². The van der Waals surface area contributed by atoms with Gasteiger partial charge in [0.05, 0.1) is 17.9 Å². The van der Waals surface area contributed by atoms with Crippen LogP contribution in [0.15, 0.2) is 12.7 Å². The summed E-state index contributed by atoms with van der Waals surface area (Å²) >= 11 is 0. The van der Waals surface area contributed by atoms with Crippen molar-refractivity contribution in [1.29, 1.82) is 0 Å². The largest absolute Gasteiger partial charge is 0.369 e. The fourth-order valence-corrected chi connectivity index (χ4v) is 2.74. The van der Waals surface area contributed by atoms with Gasteiger partial charge in [-0.15, -0.1) is 0 Å². The van der Waals surface area contributed by atoms with E-state index >= 15 is 0 Å². The molecule has 3 rings (SSSR count). The van der Waals surface area contributed by atoms with Gasteiger partial charge >= 0.3 is 0 Å². The number of amides is 1. The zero-order valence-corrected chi connectivity index (χ0v) is 12.7. The van der Waals surface area contributed by atoms with Crippen LogP contribution < -0.4 is 5.32 Å². The summed E-state index contributed by atoms with van der Waals surface area (Å²) in [5.41, 5.74) is 2.36. The maximum Gasteiger partial charge on any atom is 0.272 e. The van der Waals surface area contributed by atoms with Crippen LogP contribution in [0, 0.1) is 0 Å². The van der Waals surface area contributed by atoms with E-state index in [1.54, 1.807) is 11.0 Å². The third-order valence-electron chi connectivity index (χ3n) is 3.76. The second kappa shape index (κ2) is 6.27. The Morgan fingerprint density at radius 1 is 1.55 bits per heavy atom. The normalized spacial score (nSPS) is 20.6. The summed E-state index contributed by atoms with van der Waals surface area (Å²) in [5, 5.41) is 14.0. The highest BCUT2D eigenvalue weighted by molar-refractivity contribution is 5.94. The van der Waals surface area contributed by atoms with Crippen molar-refractivity contribution in [1.82, 2.24) is 30.3 Å². The first-order valence-corrected chi connectivity index (χ1v) is 7.48. The molecule has 0 saturated carbocycles. The lowest BCUT2D eigenvalue weighted by Gasteiger charge is -2.25. The number of fused-ring (bicyclic) bond motifs is 1. The van der Waals surface area contributed by atoms with E-state index in [1.165, 1.54) is 6.33 Å². The third-order valence-corrected chi connectivity index (χ3v) is 3.76.